The lowest BCUT2D eigenvalue weighted by atomic mass is 10.1. The van der Waals surface area contributed by atoms with Crippen molar-refractivity contribution in [3.05, 3.63) is 64.9 Å². The number of carbonyl (C=O) groups excluding carboxylic acids is 1. The Bertz CT molecular complexity index is 974. The number of benzene rings is 2. The minimum Gasteiger partial charge on any atom is -0.450 e. The number of thioether (sulfide) groups is 1. The first-order valence-corrected chi connectivity index (χ1v) is 10.5. The van der Waals surface area contributed by atoms with E-state index in [1.807, 2.05) is 55.9 Å². The molecular weight excluding hydrogens is 356 g/mol. The van der Waals surface area contributed by atoms with Gasteiger partial charge in [0.15, 0.2) is 5.76 Å². The van der Waals surface area contributed by atoms with Crippen LogP contribution in [0.3, 0.4) is 0 Å². The maximum atomic E-state index is 12.8. The minimum absolute atomic E-state index is 0.199. The first kappa shape index (κ1) is 18.1. The Kier molecular flexibility index (Phi) is 5.23. The van der Waals surface area contributed by atoms with Crippen LogP contribution >= 0.6 is 11.8 Å². The van der Waals surface area contributed by atoms with E-state index in [-0.39, 0.29) is 5.91 Å². The highest BCUT2D eigenvalue weighted by molar-refractivity contribution is 7.99. The molecular formula is C22H24N2O2S. The van der Waals surface area contributed by atoms with Crippen molar-refractivity contribution in [1.82, 2.24) is 4.90 Å². The molecule has 1 aliphatic heterocycles. The van der Waals surface area contributed by atoms with E-state index in [1.165, 1.54) is 17.1 Å². The average molecular weight is 381 g/mol. The second-order valence-electron chi connectivity index (χ2n) is 7.05. The van der Waals surface area contributed by atoms with Gasteiger partial charge in [-0.05, 0) is 37.1 Å². The lowest BCUT2D eigenvalue weighted by Crippen LogP contribution is -2.31. The molecule has 1 aromatic heterocycles. The van der Waals surface area contributed by atoms with Gasteiger partial charge >= 0.3 is 0 Å². The molecule has 0 aliphatic carbocycles. The predicted octanol–water partition coefficient (Wildman–Crippen LogP) is 4.85. The quantitative estimate of drug-likeness (QED) is 0.703. The van der Waals surface area contributed by atoms with Gasteiger partial charge in [-0.25, -0.2) is 0 Å². The zero-order valence-electron chi connectivity index (χ0n) is 15.7. The molecule has 1 N–H and O–H groups in total. The fraction of sp³-hybridized carbons (Fsp3) is 0.318. The number of nitrogens with one attached hydrogen (secondary N) is 1. The molecule has 0 unspecified atom stereocenters. The number of nitrogens with zero attached hydrogens (tertiary/aromatic N) is 1. The van der Waals surface area contributed by atoms with E-state index in [0.29, 0.717) is 5.76 Å². The number of furan rings is 1. The summed E-state index contributed by atoms with van der Waals surface area (Å²) in [6, 6.07) is 14.1. The summed E-state index contributed by atoms with van der Waals surface area (Å²) in [6.07, 6.45) is 0. The second-order valence-corrected chi connectivity index (χ2v) is 8.28. The van der Waals surface area contributed by atoms with E-state index in [1.54, 1.807) is 0 Å². The van der Waals surface area contributed by atoms with Crippen molar-refractivity contribution < 1.29 is 9.21 Å². The Morgan fingerprint density at radius 3 is 2.70 bits per heavy atom. The number of aryl methyl sites for hydroxylation is 2. The Labute approximate surface area is 163 Å². The second kappa shape index (κ2) is 7.79. The summed E-state index contributed by atoms with van der Waals surface area (Å²) < 4.78 is 5.89. The van der Waals surface area contributed by atoms with E-state index in [4.69, 9.17) is 4.42 Å². The van der Waals surface area contributed by atoms with Crippen LogP contribution < -0.4 is 5.32 Å². The number of amides is 1. The van der Waals surface area contributed by atoms with Crippen molar-refractivity contribution in [3.8, 4) is 0 Å². The summed E-state index contributed by atoms with van der Waals surface area (Å²) in [6.45, 7) is 7.10. The van der Waals surface area contributed by atoms with Gasteiger partial charge in [-0.1, -0.05) is 30.3 Å². The van der Waals surface area contributed by atoms with Gasteiger partial charge in [0.05, 0.1) is 0 Å². The maximum Gasteiger partial charge on any atom is 0.291 e. The summed E-state index contributed by atoms with van der Waals surface area (Å²) in [5.41, 5.74) is 4.73. The molecule has 4 rings (SSSR count). The van der Waals surface area contributed by atoms with Crippen LogP contribution in [-0.2, 0) is 6.54 Å². The molecule has 5 heteroatoms. The lowest BCUT2D eigenvalue weighted by molar-refractivity contribution is 0.0998. The van der Waals surface area contributed by atoms with Crippen LogP contribution in [0.2, 0.25) is 0 Å². The van der Waals surface area contributed by atoms with Crippen LogP contribution in [0.15, 0.2) is 46.9 Å². The maximum absolute atomic E-state index is 12.8. The van der Waals surface area contributed by atoms with Crippen LogP contribution in [0.1, 0.15) is 27.2 Å². The molecule has 2 aromatic carbocycles. The summed E-state index contributed by atoms with van der Waals surface area (Å²) in [4.78, 5) is 15.3. The standard InChI is InChI=1S/C22H24N2O2S/c1-15-5-3-8-19-16(2)21(26-20(15)19)22(25)23-18-7-4-6-17(13-18)14-24-9-11-27-12-10-24/h3-8,13H,9-12,14H2,1-2H3,(H,23,25). The molecule has 0 radical (unpaired) electrons. The van der Waals surface area contributed by atoms with Crippen LogP contribution in [0.25, 0.3) is 11.0 Å². The SMILES string of the molecule is Cc1c(C(=O)Nc2cccc(CN3CCSCC3)c2)oc2c(C)cccc12. The van der Waals surface area contributed by atoms with Crippen LogP contribution in [0, 0.1) is 13.8 Å². The van der Waals surface area contributed by atoms with Gasteiger partial charge in [0.25, 0.3) is 5.91 Å². The highest BCUT2D eigenvalue weighted by Gasteiger charge is 2.19. The predicted molar refractivity (Wildman–Crippen MR) is 113 cm³/mol. The Morgan fingerprint density at radius 1 is 1.15 bits per heavy atom. The topological polar surface area (TPSA) is 45.5 Å². The highest BCUT2D eigenvalue weighted by Crippen LogP contribution is 2.28. The Morgan fingerprint density at radius 2 is 1.93 bits per heavy atom. The molecule has 3 aromatic rings. The van der Waals surface area contributed by atoms with E-state index < -0.39 is 0 Å². The molecule has 1 amide bonds. The molecule has 1 aliphatic rings. The molecule has 27 heavy (non-hydrogen) atoms. The van der Waals surface area contributed by atoms with Gasteiger partial charge in [0.2, 0.25) is 0 Å². The van der Waals surface area contributed by atoms with Crippen LogP contribution in [0.4, 0.5) is 5.69 Å². The molecule has 1 saturated heterocycles. The van der Waals surface area contributed by atoms with E-state index in [0.717, 1.165) is 47.4 Å². The van der Waals surface area contributed by atoms with Crippen molar-refractivity contribution >= 4 is 34.3 Å². The third-order valence-electron chi connectivity index (χ3n) is 5.06. The first-order valence-electron chi connectivity index (χ1n) is 9.31. The third kappa shape index (κ3) is 3.89. The number of hydrogen-bond acceptors (Lipinski definition) is 4. The van der Waals surface area contributed by atoms with Crippen molar-refractivity contribution in [1.29, 1.82) is 0 Å². The van der Waals surface area contributed by atoms with Gasteiger partial charge < -0.3 is 9.73 Å². The molecule has 1 fully saturated rings. The average Bonchev–Trinajstić information content (AvgIpc) is 3.01. The normalized spacial score (nSPS) is 15.2. The highest BCUT2D eigenvalue weighted by atomic mass is 32.2. The number of rotatable bonds is 4. The lowest BCUT2D eigenvalue weighted by Gasteiger charge is -2.26. The zero-order chi connectivity index (χ0) is 18.8. The minimum atomic E-state index is -0.199. The number of para-hydroxylation sites is 1. The van der Waals surface area contributed by atoms with E-state index in [2.05, 4.69) is 22.3 Å². The molecule has 2 heterocycles. The fourth-order valence-corrected chi connectivity index (χ4v) is 4.53. The Hall–Kier alpha value is -2.24. The molecule has 140 valence electrons. The molecule has 0 bridgehead atoms. The number of fused-ring (bicyclic) bond motifs is 1. The van der Waals surface area contributed by atoms with Gasteiger partial charge in [-0.2, -0.15) is 11.8 Å². The summed E-state index contributed by atoms with van der Waals surface area (Å²) in [7, 11) is 0. The van der Waals surface area contributed by atoms with Gasteiger partial charge in [0.1, 0.15) is 5.58 Å². The van der Waals surface area contributed by atoms with Crippen molar-refractivity contribution in [2.45, 2.75) is 20.4 Å². The van der Waals surface area contributed by atoms with Crippen molar-refractivity contribution in [3.63, 3.8) is 0 Å². The van der Waals surface area contributed by atoms with Crippen molar-refractivity contribution in [2.24, 2.45) is 0 Å². The van der Waals surface area contributed by atoms with Crippen LogP contribution in [0.5, 0.6) is 0 Å². The molecule has 4 nitrogen and oxygen atoms in total. The van der Waals surface area contributed by atoms with Gasteiger partial charge in [-0.15, -0.1) is 0 Å². The number of carbonyl (C=O) groups is 1. The third-order valence-corrected chi connectivity index (χ3v) is 6.00. The fourth-order valence-electron chi connectivity index (χ4n) is 3.55. The summed E-state index contributed by atoms with van der Waals surface area (Å²) in [5.74, 6) is 2.58. The van der Waals surface area contributed by atoms with Crippen LogP contribution in [-0.4, -0.2) is 35.4 Å². The summed E-state index contributed by atoms with van der Waals surface area (Å²) >= 11 is 2.01. The smallest absolute Gasteiger partial charge is 0.291 e. The Balaban J connectivity index is 1.52. The molecule has 0 atom stereocenters. The monoisotopic (exact) mass is 380 g/mol. The van der Waals surface area contributed by atoms with Gasteiger partial charge in [-0.3, -0.25) is 9.69 Å². The molecule has 0 saturated carbocycles. The van der Waals surface area contributed by atoms with E-state index in [9.17, 15) is 4.79 Å². The van der Waals surface area contributed by atoms with Gasteiger partial charge in [0, 0.05) is 47.8 Å². The molecule has 0 spiro atoms. The number of hydrogen-bond donors (Lipinski definition) is 1. The zero-order valence-corrected chi connectivity index (χ0v) is 16.6. The largest absolute Gasteiger partial charge is 0.450 e. The van der Waals surface area contributed by atoms with E-state index >= 15 is 0 Å². The van der Waals surface area contributed by atoms with Crippen molar-refractivity contribution in [2.75, 3.05) is 29.9 Å². The summed E-state index contributed by atoms with van der Waals surface area (Å²) in [5, 5.41) is 4.00. The number of anilines is 1. The first-order chi connectivity index (χ1) is 13.1.